The molecule has 0 saturated carbocycles. The molecule has 1 aromatic carbocycles. The Morgan fingerprint density at radius 2 is 1.87 bits per heavy atom. The maximum atomic E-state index is 11.8. The van der Waals surface area contributed by atoms with Gasteiger partial charge in [0.25, 0.3) is 0 Å². The van der Waals surface area contributed by atoms with Crippen LogP contribution >= 0.6 is 0 Å². The van der Waals surface area contributed by atoms with Crippen LogP contribution in [0.1, 0.15) is 31.1 Å². The van der Waals surface area contributed by atoms with E-state index in [1.807, 2.05) is 0 Å². The third-order valence-electron chi connectivity index (χ3n) is 2.19. The number of carbonyl (C=O) groups is 1. The lowest BCUT2D eigenvalue weighted by atomic mass is 10.2. The van der Waals surface area contributed by atoms with Gasteiger partial charge in [0.15, 0.2) is 15.6 Å². The van der Waals surface area contributed by atoms with Crippen LogP contribution in [0.15, 0.2) is 29.2 Å². The zero-order valence-corrected chi connectivity index (χ0v) is 9.84. The van der Waals surface area contributed by atoms with Crippen molar-refractivity contribution in [2.75, 3.05) is 0 Å². The van der Waals surface area contributed by atoms with Crippen molar-refractivity contribution >= 4 is 15.6 Å². The van der Waals surface area contributed by atoms with E-state index in [0.717, 1.165) is 0 Å². The highest BCUT2D eigenvalue weighted by molar-refractivity contribution is 7.92. The Balaban J connectivity index is 3.29. The van der Waals surface area contributed by atoms with Gasteiger partial charge in [-0.3, -0.25) is 4.79 Å². The molecule has 0 unspecified atom stereocenters. The first-order valence-corrected chi connectivity index (χ1v) is 6.25. The van der Waals surface area contributed by atoms with Crippen LogP contribution in [0.5, 0.6) is 0 Å². The van der Waals surface area contributed by atoms with E-state index in [1.165, 1.54) is 19.1 Å². The number of rotatable bonds is 3. The molecule has 0 radical (unpaired) electrons. The van der Waals surface area contributed by atoms with Crippen LogP contribution in [-0.2, 0) is 9.84 Å². The largest absolute Gasteiger partial charge is 0.295 e. The highest BCUT2D eigenvalue weighted by atomic mass is 32.2. The molecule has 0 aromatic heterocycles. The molecule has 0 bridgehead atoms. The van der Waals surface area contributed by atoms with E-state index in [4.69, 9.17) is 0 Å². The van der Waals surface area contributed by atoms with Gasteiger partial charge in [-0.15, -0.1) is 0 Å². The van der Waals surface area contributed by atoms with Crippen molar-refractivity contribution in [3.8, 4) is 0 Å². The molecule has 0 aliphatic carbocycles. The first-order valence-electron chi connectivity index (χ1n) is 4.70. The molecule has 15 heavy (non-hydrogen) atoms. The average Bonchev–Trinajstić information content (AvgIpc) is 2.17. The average molecular weight is 226 g/mol. The van der Waals surface area contributed by atoms with Gasteiger partial charge < -0.3 is 0 Å². The highest BCUT2D eigenvalue weighted by Crippen LogP contribution is 2.17. The molecule has 82 valence electrons. The minimum atomic E-state index is -3.29. The number of hydrogen-bond acceptors (Lipinski definition) is 3. The molecule has 0 atom stereocenters. The van der Waals surface area contributed by atoms with E-state index < -0.39 is 15.1 Å². The van der Waals surface area contributed by atoms with Crippen LogP contribution in [0.3, 0.4) is 0 Å². The van der Waals surface area contributed by atoms with Crippen molar-refractivity contribution in [1.82, 2.24) is 0 Å². The number of sulfone groups is 1. The summed E-state index contributed by atoms with van der Waals surface area (Å²) >= 11 is 0. The van der Waals surface area contributed by atoms with E-state index in [9.17, 15) is 13.2 Å². The van der Waals surface area contributed by atoms with Gasteiger partial charge in [0.05, 0.1) is 10.1 Å². The standard InChI is InChI=1S/C11H14O3S/c1-8(2)15(13,14)11-6-4-5-10(7-11)9(3)12/h4-8H,1-3H3. The zero-order chi connectivity index (χ0) is 11.6. The molecule has 1 rings (SSSR count). The Bertz CT molecular complexity index is 472. The van der Waals surface area contributed by atoms with E-state index in [-0.39, 0.29) is 10.7 Å². The Kier molecular flexibility index (Phi) is 3.29. The van der Waals surface area contributed by atoms with Crippen LogP contribution < -0.4 is 0 Å². The van der Waals surface area contributed by atoms with Crippen LogP contribution in [-0.4, -0.2) is 19.5 Å². The lowest BCUT2D eigenvalue weighted by Crippen LogP contribution is -2.14. The monoisotopic (exact) mass is 226 g/mol. The number of hydrogen-bond donors (Lipinski definition) is 0. The van der Waals surface area contributed by atoms with E-state index in [1.54, 1.807) is 26.0 Å². The Morgan fingerprint density at radius 3 is 2.33 bits per heavy atom. The fourth-order valence-electron chi connectivity index (χ4n) is 1.16. The fourth-order valence-corrected chi connectivity index (χ4v) is 2.27. The Morgan fingerprint density at radius 1 is 1.27 bits per heavy atom. The lowest BCUT2D eigenvalue weighted by molar-refractivity contribution is 0.101. The lowest BCUT2D eigenvalue weighted by Gasteiger charge is -2.08. The van der Waals surface area contributed by atoms with Crippen molar-refractivity contribution in [1.29, 1.82) is 0 Å². The minimum absolute atomic E-state index is 0.129. The van der Waals surface area contributed by atoms with Gasteiger partial charge in [0.1, 0.15) is 0 Å². The summed E-state index contributed by atoms with van der Waals surface area (Å²) in [7, 11) is -3.29. The molecular weight excluding hydrogens is 212 g/mol. The SMILES string of the molecule is CC(=O)c1cccc(S(=O)(=O)C(C)C)c1. The summed E-state index contributed by atoms with van der Waals surface area (Å²) < 4.78 is 23.6. The molecule has 0 saturated heterocycles. The molecule has 0 aliphatic heterocycles. The summed E-state index contributed by atoms with van der Waals surface area (Å²) in [5.74, 6) is -0.129. The molecule has 0 amide bonds. The molecule has 0 spiro atoms. The zero-order valence-electron chi connectivity index (χ0n) is 9.02. The number of carbonyl (C=O) groups excluding carboxylic acids is 1. The molecule has 0 N–H and O–H groups in total. The van der Waals surface area contributed by atoms with Gasteiger partial charge in [-0.1, -0.05) is 12.1 Å². The van der Waals surface area contributed by atoms with Crippen LogP contribution in [0.4, 0.5) is 0 Å². The first kappa shape index (κ1) is 11.9. The summed E-state index contributed by atoms with van der Waals surface area (Å²) in [5.41, 5.74) is 0.428. The van der Waals surface area contributed by atoms with Crippen LogP contribution in [0.2, 0.25) is 0 Å². The van der Waals surface area contributed by atoms with Gasteiger partial charge in [-0.25, -0.2) is 8.42 Å². The predicted octanol–water partition coefficient (Wildman–Crippen LogP) is 2.07. The second-order valence-corrected chi connectivity index (χ2v) is 6.18. The maximum Gasteiger partial charge on any atom is 0.180 e. The van der Waals surface area contributed by atoms with Gasteiger partial charge in [0.2, 0.25) is 0 Å². The summed E-state index contributed by atoms with van der Waals surface area (Å²) in [6.07, 6.45) is 0. The van der Waals surface area contributed by atoms with E-state index in [0.29, 0.717) is 5.56 Å². The smallest absolute Gasteiger partial charge is 0.180 e. The van der Waals surface area contributed by atoms with Gasteiger partial charge >= 0.3 is 0 Å². The Hall–Kier alpha value is -1.16. The Labute approximate surface area is 90.0 Å². The molecular formula is C11H14O3S. The van der Waals surface area contributed by atoms with Crippen LogP contribution in [0.25, 0.3) is 0 Å². The summed E-state index contributed by atoms with van der Waals surface area (Å²) in [5, 5.41) is -0.472. The molecule has 0 heterocycles. The normalized spacial score (nSPS) is 11.7. The van der Waals surface area contributed by atoms with Crippen molar-refractivity contribution < 1.29 is 13.2 Å². The predicted molar refractivity (Wildman–Crippen MR) is 58.8 cm³/mol. The van der Waals surface area contributed by atoms with Crippen molar-refractivity contribution in [3.05, 3.63) is 29.8 Å². The number of Topliss-reactive ketones (excluding diaryl/α,β-unsaturated/α-hetero) is 1. The third-order valence-corrected chi connectivity index (χ3v) is 4.34. The van der Waals surface area contributed by atoms with Crippen LogP contribution in [0, 0.1) is 0 Å². The van der Waals surface area contributed by atoms with Gasteiger partial charge in [-0.2, -0.15) is 0 Å². The second kappa shape index (κ2) is 4.14. The van der Waals surface area contributed by atoms with Crippen molar-refractivity contribution in [3.63, 3.8) is 0 Å². The molecule has 1 aromatic rings. The van der Waals surface area contributed by atoms with Crippen molar-refractivity contribution in [2.24, 2.45) is 0 Å². The molecule has 4 heteroatoms. The summed E-state index contributed by atoms with van der Waals surface area (Å²) in [6, 6.07) is 6.15. The van der Waals surface area contributed by atoms with E-state index >= 15 is 0 Å². The third kappa shape index (κ3) is 2.45. The minimum Gasteiger partial charge on any atom is -0.295 e. The summed E-state index contributed by atoms with van der Waals surface area (Å²) in [6.45, 7) is 4.66. The number of ketones is 1. The highest BCUT2D eigenvalue weighted by Gasteiger charge is 2.19. The first-order chi connectivity index (χ1) is 6.85. The molecule has 0 aliphatic rings. The van der Waals surface area contributed by atoms with Gasteiger partial charge in [0, 0.05) is 5.56 Å². The van der Waals surface area contributed by atoms with Gasteiger partial charge in [-0.05, 0) is 32.9 Å². The topological polar surface area (TPSA) is 51.2 Å². The molecule has 3 nitrogen and oxygen atoms in total. The summed E-state index contributed by atoms with van der Waals surface area (Å²) in [4.78, 5) is 11.3. The quantitative estimate of drug-likeness (QED) is 0.741. The maximum absolute atomic E-state index is 11.8. The number of benzene rings is 1. The fraction of sp³-hybridized carbons (Fsp3) is 0.364. The van der Waals surface area contributed by atoms with Crippen molar-refractivity contribution in [2.45, 2.75) is 30.9 Å². The van der Waals surface area contributed by atoms with E-state index in [2.05, 4.69) is 0 Å². The molecule has 0 fully saturated rings. The second-order valence-electron chi connectivity index (χ2n) is 3.68.